The largest absolute Gasteiger partial charge is 0.476 e. The lowest BCUT2D eigenvalue weighted by molar-refractivity contribution is -0.138. The van der Waals surface area contributed by atoms with Crippen molar-refractivity contribution in [3.8, 4) is 5.88 Å². The molecule has 1 amide bonds. The number of halogens is 4. The number of amides is 1. The summed E-state index contributed by atoms with van der Waals surface area (Å²) < 4.78 is 42.9. The van der Waals surface area contributed by atoms with Crippen LogP contribution >= 0.6 is 24.0 Å². The van der Waals surface area contributed by atoms with Crippen molar-refractivity contribution in [3.63, 3.8) is 0 Å². The number of aliphatic imine (C=N–C) groups is 1. The molecule has 0 spiro atoms. The molecule has 0 aromatic carbocycles. The second-order valence-electron chi connectivity index (χ2n) is 7.13. The van der Waals surface area contributed by atoms with Gasteiger partial charge in [-0.15, -0.1) is 24.0 Å². The van der Waals surface area contributed by atoms with Gasteiger partial charge in [0.05, 0.1) is 12.1 Å². The van der Waals surface area contributed by atoms with Crippen LogP contribution in [0.5, 0.6) is 5.88 Å². The van der Waals surface area contributed by atoms with Gasteiger partial charge in [-0.2, -0.15) is 13.2 Å². The molecule has 0 saturated carbocycles. The number of nitrogens with one attached hydrogen (secondary N) is 2. The molecule has 7 nitrogen and oxygen atoms in total. The number of carbonyl (C=O) groups excluding carboxylic acids is 1. The standard InChI is InChI=1S/C19H28F3N5O2.HI/c1-13(2)17(28)27-9-6-15(7-10-27)26-18(23-3)24-8-11-29-16-5-4-14(12-25-16)19(20,21)22;/h4-5,12-13,15H,6-11H2,1-3H3,(H2,23,24,26);1H. The van der Waals surface area contributed by atoms with Gasteiger partial charge < -0.3 is 20.3 Å². The van der Waals surface area contributed by atoms with Crippen molar-refractivity contribution < 1.29 is 22.7 Å². The van der Waals surface area contributed by atoms with Crippen molar-refractivity contribution >= 4 is 35.8 Å². The number of guanidine groups is 1. The third-order valence-corrected chi connectivity index (χ3v) is 4.57. The lowest BCUT2D eigenvalue weighted by Crippen LogP contribution is -2.50. The van der Waals surface area contributed by atoms with Crippen molar-refractivity contribution in [3.05, 3.63) is 23.9 Å². The molecule has 2 heterocycles. The normalized spacial score (nSPS) is 15.6. The fourth-order valence-electron chi connectivity index (χ4n) is 2.96. The summed E-state index contributed by atoms with van der Waals surface area (Å²) in [6.45, 7) is 5.87. The van der Waals surface area contributed by atoms with Gasteiger partial charge in [-0.05, 0) is 18.9 Å². The molecule has 1 fully saturated rings. The molecular formula is C19H29F3IN5O2. The fraction of sp³-hybridized carbons (Fsp3) is 0.632. The van der Waals surface area contributed by atoms with Crippen LogP contribution in [0, 0.1) is 5.92 Å². The van der Waals surface area contributed by atoms with Gasteiger partial charge in [-0.3, -0.25) is 9.79 Å². The highest BCUT2D eigenvalue weighted by molar-refractivity contribution is 14.0. The molecule has 0 atom stereocenters. The number of nitrogens with zero attached hydrogens (tertiary/aromatic N) is 3. The van der Waals surface area contributed by atoms with Crippen LogP contribution in [-0.2, 0) is 11.0 Å². The molecule has 0 unspecified atom stereocenters. The molecule has 1 aromatic heterocycles. The number of rotatable bonds is 6. The minimum absolute atomic E-state index is 0. The first-order valence-corrected chi connectivity index (χ1v) is 9.62. The van der Waals surface area contributed by atoms with E-state index < -0.39 is 11.7 Å². The van der Waals surface area contributed by atoms with E-state index in [-0.39, 0.29) is 54.3 Å². The van der Waals surface area contributed by atoms with E-state index in [1.807, 2.05) is 18.7 Å². The lowest BCUT2D eigenvalue weighted by Gasteiger charge is -2.34. The average Bonchev–Trinajstić information content (AvgIpc) is 2.69. The van der Waals surface area contributed by atoms with Crippen molar-refractivity contribution in [2.45, 2.75) is 38.9 Å². The Kier molecular flexibility index (Phi) is 10.6. The van der Waals surface area contributed by atoms with Crippen LogP contribution in [0.15, 0.2) is 23.3 Å². The number of pyridine rings is 1. The summed E-state index contributed by atoms with van der Waals surface area (Å²) in [4.78, 5) is 21.8. The first-order chi connectivity index (χ1) is 13.7. The summed E-state index contributed by atoms with van der Waals surface area (Å²) in [5.74, 6) is 0.931. The summed E-state index contributed by atoms with van der Waals surface area (Å²) >= 11 is 0. The Hall–Kier alpha value is -1.79. The minimum atomic E-state index is -4.41. The maximum atomic E-state index is 12.5. The molecule has 0 radical (unpaired) electrons. The molecule has 1 aliphatic rings. The van der Waals surface area contributed by atoms with Crippen LogP contribution in [0.25, 0.3) is 0 Å². The van der Waals surface area contributed by atoms with Gasteiger partial charge in [0.15, 0.2) is 5.96 Å². The molecule has 2 rings (SSSR count). The Bertz CT molecular complexity index is 690. The van der Waals surface area contributed by atoms with Gasteiger partial charge in [0.25, 0.3) is 0 Å². The van der Waals surface area contributed by atoms with Crippen LogP contribution in [0.2, 0.25) is 0 Å². The number of alkyl halides is 3. The number of carbonyl (C=O) groups is 1. The van der Waals surface area contributed by atoms with E-state index in [9.17, 15) is 18.0 Å². The second kappa shape index (κ2) is 12.2. The van der Waals surface area contributed by atoms with Gasteiger partial charge in [-0.1, -0.05) is 13.8 Å². The predicted octanol–water partition coefficient (Wildman–Crippen LogP) is 2.91. The first kappa shape index (κ1) is 26.2. The summed E-state index contributed by atoms with van der Waals surface area (Å²) in [6.07, 6.45) is -1.99. The van der Waals surface area contributed by atoms with E-state index in [0.717, 1.165) is 25.1 Å². The van der Waals surface area contributed by atoms with Gasteiger partial charge in [-0.25, -0.2) is 4.98 Å². The van der Waals surface area contributed by atoms with Crippen LogP contribution in [0.4, 0.5) is 13.2 Å². The van der Waals surface area contributed by atoms with E-state index in [1.165, 1.54) is 6.07 Å². The first-order valence-electron chi connectivity index (χ1n) is 9.62. The number of likely N-dealkylation sites (tertiary alicyclic amines) is 1. The Morgan fingerprint density at radius 2 is 2.00 bits per heavy atom. The van der Waals surface area contributed by atoms with Gasteiger partial charge in [0.1, 0.15) is 6.61 Å². The van der Waals surface area contributed by atoms with Crippen LogP contribution < -0.4 is 15.4 Å². The summed E-state index contributed by atoms with van der Waals surface area (Å²) in [5, 5.41) is 6.42. The summed E-state index contributed by atoms with van der Waals surface area (Å²) in [7, 11) is 1.66. The molecule has 1 saturated heterocycles. The Morgan fingerprint density at radius 1 is 1.33 bits per heavy atom. The van der Waals surface area contributed by atoms with Crippen LogP contribution in [0.1, 0.15) is 32.3 Å². The minimum Gasteiger partial charge on any atom is -0.476 e. The Morgan fingerprint density at radius 3 is 2.50 bits per heavy atom. The molecule has 30 heavy (non-hydrogen) atoms. The highest BCUT2D eigenvalue weighted by atomic mass is 127. The zero-order valence-electron chi connectivity index (χ0n) is 17.3. The van der Waals surface area contributed by atoms with E-state index in [4.69, 9.17) is 4.74 Å². The van der Waals surface area contributed by atoms with Crippen LogP contribution in [-0.4, -0.2) is 61.1 Å². The third-order valence-electron chi connectivity index (χ3n) is 4.57. The van der Waals surface area contributed by atoms with E-state index in [2.05, 4.69) is 20.6 Å². The second-order valence-corrected chi connectivity index (χ2v) is 7.13. The quantitative estimate of drug-likeness (QED) is 0.250. The molecule has 1 aliphatic heterocycles. The van der Waals surface area contributed by atoms with Crippen LogP contribution in [0.3, 0.4) is 0 Å². The SMILES string of the molecule is CN=C(NCCOc1ccc(C(F)(F)F)cn1)NC1CCN(C(=O)C(C)C)CC1.I. The van der Waals surface area contributed by atoms with Crippen molar-refractivity contribution in [2.24, 2.45) is 10.9 Å². The smallest absolute Gasteiger partial charge is 0.417 e. The maximum Gasteiger partial charge on any atom is 0.417 e. The molecule has 11 heteroatoms. The molecular weight excluding hydrogens is 514 g/mol. The third kappa shape index (κ3) is 8.15. The maximum absolute atomic E-state index is 12.5. The average molecular weight is 543 g/mol. The zero-order valence-corrected chi connectivity index (χ0v) is 19.7. The molecule has 0 aliphatic carbocycles. The van der Waals surface area contributed by atoms with Crippen molar-refractivity contribution in [1.82, 2.24) is 20.5 Å². The van der Waals surface area contributed by atoms with Crippen molar-refractivity contribution in [1.29, 1.82) is 0 Å². The Labute approximate surface area is 191 Å². The summed E-state index contributed by atoms with van der Waals surface area (Å²) in [6, 6.07) is 2.35. The van der Waals surface area contributed by atoms with E-state index in [1.54, 1.807) is 7.05 Å². The van der Waals surface area contributed by atoms with Gasteiger partial charge >= 0.3 is 6.18 Å². The molecule has 0 bridgehead atoms. The number of hydrogen-bond acceptors (Lipinski definition) is 4. The fourth-order valence-corrected chi connectivity index (χ4v) is 2.96. The van der Waals surface area contributed by atoms with Gasteiger partial charge in [0.2, 0.25) is 11.8 Å². The summed E-state index contributed by atoms with van der Waals surface area (Å²) in [5.41, 5.74) is -0.811. The lowest BCUT2D eigenvalue weighted by atomic mass is 10.0. The van der Waals surface area contributed by atoms with Crippen molar-refractivity contribution in [2.75, 3.05) is 33.3 Å². The Balaban J connectivity index is 0.00000450. The monoisotopic (exact) mass is 543 g/mol. The molecule has 170 valence electrons. The number of piperidine rings is 1. The number of aromatic nitrogens is 1. The highest BCUT2D eigenvalue weighted by Crippen LogP contribution is 2.29. The van der Waals surface area contributed by atoms with E-state index >= 15 is 0 Å². The predicted molar refractivity (Wildman–Crippen MR) is 119 cm³/mol. The van der Waals surface area contributed by atoms with Gasteiger partial charge in [0, 0.05) is 44.4 Å². The van der Waals surface area contributed by atoms with E-state index in [0.29, 0.717) is 25.6 Å². The highest BCUT2D eigenvalue weighted by Gasteiger charge is 2.30. The molecule has 2 N–H and O–H groups in total. The number of hydrogen-bond donors (Lipinski definition) is 2. The number of ether oxygens (including phenoxy) is 1. The zero-order chi connectivity index (χ0) is 21.4. The topological polar surface area (TPSA) is 78.9 Å². The molecule has 1 aromatic rings.